The van der Waals surface area contributed by atoms with Gasteiger partial charge in [-0.3, -0.25) is 0 Å². The minimum atomic E-state index is -0.230. The van der Waals surface area contributed by atoms with Crippen molar-refractivity contribution in [2.75, 3.05) is 7.05 Å². The molecule has 1 heterocycles. The van der Waals surface area contributed by atoms with E-state index in [0.29, 0.717) is 5.92 Å². The number of allylic oxidation sites excluding steroid dienone is 1. The van der Waals surface area contributed by atoms with Crippen LogP contribution in [0.15, 0.2) is 65.4 Å². The van der Waals surface area contributed by atoms with E-state index in [2.05, 4.69) is 24.2 Å². The molecule has 2 aromatic rings. The number of nitrogens with zero attached hydrogens (tertiary/aromatic N) is 1. The second-order valence-electron chi connectivity index (χ2n) is 6.01. The Morgan fingerprint density at radius 3 is 2.08 bits per heavy atom. The molecule has 2 aromatic carbocycles. The zero-order valence-corrected chi connectivity index (χ0v) is 14.1. The van der Waals surface area contributed by atoms with Gasteiger partial charge in [0.25, 0.3) is 0 Å². The normalized spacial score (nSPS) is 20.2. The van der Waals surface area contributed by atoms with Crippen molar-refractivity contribution in [2.45, 2.75) is 13.8 Å². The molecule has 0 aliphatic carbocycles. The summed E-state index contributed by atoms with van der Waals surface area (Å²) in [5, 5.41) is 3.17. The fraction of sp³-hybridized carbons (Fsp3) is 0.250. The summed E-state index contributed by atoms with van der Waals surface area (Å²) >= 11 is 0. The molecule has 0 fully saturated rings. The van der Waals surface area contributed by atoms with E-state index < -0.39 is 0 Å². The van der Waals surface area contributed by atoms with Crippen LogP contribution in [0.5, 0.6) is 5.75 Å². The lowest BCUT2D eigenvalue weighted by Crippen LogP contribution is -2.31. The average Bonchev–Trinajstić information content (AvgIpc) is 2.61. The molecule has 0 saturated carbocycles. The van der Waals surface area contributed by atoms with Crippen molar-refractivity contribution in [2.24, 2.45) is 16.8 Å². The number of benzene rings is 2. The zero-order chi connectivity index (χ0) is 17.1. The predicted octanol–water partition coefficient (Wildman–Crippen LogP) is 4.62. The first-order valence-corrected chi connectivity index (χ1v) is 8.08. The molecule has 4 heteroatoms. The Kier molecular flexibility index (Phi) is 4.65. The molecule has 124 valence electrons. The van der Waals surface area contributed by atoms with Gasteiger partial charge in [-0.25, -0.2) is 9.38 Å². The fourth-order valence-corrected chi connectivity index (χ4v) is 2.74. The molecule has 3 rings (SSSR count). The molecular weight excluding hydrogens is 303 g/mol. The Morgan fingerprint density at radius 1 is 0.917 bits per heavy atom. The molecule has 0 amide bonds. The monoisotopic (exact) mass is 324 g/mol. The maximum atomic E-state index is 13.0. The zero-order valence-electron chi connectivity index (χ0n) is 14.1. The van der Waals surface area contributed by atoms with Gasteiger partial charge in [-0.2, -0.15) is 0 Å². The van der Waals surface area contributed by atoms with Crippen LogP contribution in [0.25, 0.3) is 11.1 Å². The highest BCUT2D eigenvalue weighted by Crippen LogP contribution is 2.27. The van der Waals surface area contributed by atoms with Crippen LogP contribution in [0.3, 0.4) is 0 Å². The van der Waals surface area contributed by atoms with Crippen LogP contribution in [-0.2, 0) is 0 Å². The van der Waals surface area contributed by atoms with Gasteiger partial charge in [0.15, 0.2) is 5.90 Å². The number of rotatable bonds is 3. The van der Waals surface area contributed by atoms with Gasteiger partial charge in [0, 0.05) is 30.8 Å². The van der Waals surface area contributed by atoms with Gasteiger partial charge >= 0.3 is 0 Å². The van der Waals surface area contributed by atoms with E-state index in [4.69, 9.17) is 4.74 Å². The summed E-state index contributed by atoms with van der Waals surface area (Å²) < 4.78 is 19.0. The number of ether oxygens (including phenoxy) is 1. The van der Waals surface area contributed by atoms with Gasteiger partial charge in [-0.1, -0.05) is 38.1 Å². The quantitative estimate of drug-likeness (QED) is 0.894. The van der Waals surface area contributed by atoms with E-state index in [1.54, 1.807) is 12.1 Å². The van der Waals surface area contributed by atoms with Crippen molar-refractivity contribution in [1.82, 2.24) is 5.32 Å². The lowest BCUT2D eigenvalue weighted by Gasteiger charge is -2.26. The van der Waals surface area contributed by atoms with Crippen molar-refractivity contribution in [3.8, 4) is 16.9 Å². The third-order valence-electron chi connectivity index (χ3n) is 4.50. The Morgan fingerprint density at radius 2 is 1.50 bits per heavy atom. The van der Waals surface area contributed by atoms with E-state index >= 15 is 0 Å². The molecule has 0 radical (unpaired) electrons. The van der Waals surface area contributed by atoms with E-state index in [0.717, 1.165) is 28.5 Å². The summed E-state index contributed by atoms with van der Waals surface area (Å²) in [5.41, 5.74) is 3.11. The first-order chi connectivity index (χ1) is 11.6. The predicted molar refractivity (Wildman–Crippen MR) is 95.4 cm³/mol. The maximum absolute atomic E-state index is 13.0. The number of nitrogens with one attached hydrogen (secondary N) is 1. The summed E-state index contributed by atoms with van der Waals surface area (Å²) in [6, 6.07) is 14.2. The molecule has 1 N–H and O–H groups in total. The van der Waals surface area contributed by atoms with Gasteiger partial charge in [-0.15, -0.1) is 0 Å². The number of halogens is 1. The molecule has 1 unspecified atom stereocenters. The van der Waals surface area contributed by atoms with Gasteiger partial charge in [0.05, 0.1) is 0 Å². The largest absolute Gasteiger partial charge is 0.443 e. The number of hydrogen-bond donors (Lipinski definition) is 1. The Bertz CT molecular complexity index is 763. The molecule has 0 aromatic heterocycles. The summed E-state index contributed by atoms with van der Waals surface area (Å²) in [7, 11) is 1.91. The van der Waals surface area contributed by atoms with Crippen LogP contribution < -0.4 is 10.1 Å². The van der Waals surface area contributed by atoms with Gasteiger partial charge < -0.3 is 10.1 Å². The molecular formula is C20H21FN2O. The molecule has 24 heavy (non-hydrogen) atoms. The lowest BCUT2D eigenvalue weighted by atomic mass is 9.91. The molecule has 0 bridgehead atoms. The van der Waals surface area contributed by atoms with Crippen molar-refractivity contribution < 1.29 is 9.13 Å². The Balaban J connectivity index is 1.76. The minimum absolute atomic E-state index is 0.203. The Labute approximate surface area is 141 Å². The standard InChI is InChI=1S/C20H21FN2O/c1-13-14(2)20(23-12-19(13)22-3)24-18-10-6-16(7-11-18)15-4-8-17(21)9-5-15/h4-14,22H,1-3H3/t13-,14?/m0/s1. The van der Waals surface area contributed by atoms with Crippen LogP contribution in [0.2, 0.25) is 0 Å². The van der Waals surface area contributed by atoms with Gasteiger partial charge in [0.2, 0.25) is 0 Å². The molecule has 1 aliphatic heterocycles. The smallest absolute Gasteiger partial charge is 0.198 e. The summed E-state index contributed by atoms with van der Waals surface area (Å²) in [5.74, 6) is 1.78. The second kappa shape index (κ2) is 6.87. The number of hydrogen-bond acceptors (Lipinski definition) is 3. The highest BCUT2D eigenvalue weighted by atomic mass is 19.1. The highest BCUT2D eigenvalue weighted by Gasteiger charge is 2.26. The highest BCUT2D eigenvalue weighted by molar-refractivity contribution is 5.83. The maximum Gasteiger partial charge on any atom is 0.198 e. The fourth-order valence-electron chi connectivity index (χ4n) is 2.74. The second-order valence-corrected chi connectivity index (χ2v) is 6.01. The van der Waals surface area contributed by atoms with E-state index in [-0.39, 0.29) is 11.7 Å². The van der Waals surface area contributed by atoms with Crippen molar-refractivity contribution in [3.05, 3.63) is 66.2 Å². The van der Waals surface area contributed by atoms with Gasteiger partial charge in [0.1, 0.15) is 11.6 Å². The lowest BCUT2D eigenvalue weighted by molar-refractivity contribution is 0.426. The SMILES string of the molecule is CNC1=CN=C(Oc2ccc(-c3ccc(F)cc3)cc2)C(C)[C@@H]1C. The van der Waals surface area contributed by atoms with Crippen molar-refractivity contribution >= 4 is 5.90 Å². The topological polar surface area (TPSA) is 33.6 Å². The first kappa shape index (κ1) is 16.2. The van der Waals surface area contributed by atoms with Crippen molar-refractivity contribution in [3.63, 3.8) is 0 Å². The van der Waals surface area contributed by atoms with Crippen LogP contribution >= 0.6 is 0 Å². The van der Waals surface area contributed by atoms with E-state index in [9.17, 15) is 4.39 Å². The molecule has 3 nitrogen and oxygen atoms in total. The average molecular weight is 324 g/mol. The van der Waals surface area contributed by atoms with E-state index in [1.807, 2.05) is 37.5 Å². The minimum Gasteiger partial charge on any atom is -0.443 e. The van der Waals surface area contributed by atoms with Crippen LogP contribution in [0, 0.1) is 17.7 Å². The summed E-state index contributed by atoms with van der Waals surface area (Å²) in [6.07, 6.45) is 1.83. The number of aliphatic imine (C=N–C) groups is 1. The third-order valence-corrected chi connectivity index (χ3v) is 4.50. The summed E-state index contributed by atoms with van der Waals surface area (Å²) in [4.78, 5) is 4.43. The van der Waals surface area contributed by atoms with Crippen LogP contribution in [-0.4, -0.2) is 12.9 Å². The van der Waals surface area contributed by atoms with Crippen molar-refractivity contribution in [1.29, 1.82) is 0 Å². The molecule has 2 atom stereocenters. The first-order valence-electron chi connectivity index (χ1n) is 8.08. The molecule has 1 aliphatic rings. The molecule has 0 spiro atoms. The van der Waals surface area contributed by atoms with Crippen LogP contribution in [0.4, 0.5) is 4.39 Å². The van der Waals surface area contributed by atoms with E-state index in [1.165, 1.54) is 12.1 Å². The van der Waals surface area contributed by atoms with Gasteiger partial charge in [-0.05, 0) is 35.4 Å². The summed E-state index contributed by atoms with van der Waals surface area (Å²) in [6.45, 7) is 4.27. The molecule has 0 saturated heterocycles. The Hall–Kier alpha value is -2.62. The third kappa shape index (κ3) is 3.32. The van der Waals surface area contributed by atoms with Crippen LogP contribution in [0.1, 0.15) is 13.8 Å².